The molecule has 3 aromatic rings. The van der Waals surface area contributed by atoms with Crippen molar-refractivity contribution in [3.63, 3.8) is 0 Å². The Bertz CT molecular complexity index is 998. The summed E-state index contributed by atoms with van der Waals surface area (Å²) in [5.74, 6) is 0.843. The summed E-state index contributed by atoms with van der Waals surface area (Å²) in [5, 5.41) is 2.78. The molecule has 2 heterocycles. The molecule has 0 unspecified atom stereocenters. The third-order valence-electron chi connectivity index (χ3n) is 4.04. The number of esters is 1. The van der Waals surface area contributed by atoms with Gasteiger partial charge in [0, 0.05) is 13.1 Å². The average molecular weight is 353 g/mol. The highest BCUT2D eigenvalue weighted by Gasteiger charge is 2.14. The number of carbonyl (C=O) groups excluding carboxylic acids is 2. The molecule has 1 N–H and O–H groups in total. The van der Waals surface area contributed by atoms with Gasteiger partial charge in [-0.3, -0.25) is 4.79 Å². The minimum Gasteiger partial charge on any atom is -0.465 e. The second kappa shape index (κ2) is 7.26. The van der Waals surface area contributed by atoms with Gasteiger partial charge in [0.1, 0.15) is 22.9 Å². The smallest absolute Gasteiger partial charge is 0.341 e. The molecule has 0 bridgehead atoms. The molecule has 1 aromatic carbocycles. The Balaban J connectivity index is 1.64. The van der Waals surface area contributed by atoms with Gasteiger partial charge in [0.25, 0.3) is 0 Å². The van der Waals surface area contributed by atoms with Gasteiger partial charge in [-0.05, 0) is 31.2 Å². The zero-order valence-corrected chi connectivity index (χ0v) is 14.8. The fourth-order valence-corrected chi connectivity index (χ4v) is 2.64. The zero-order chi connectivity index (χ0) is 18.7. The van der Waals surface area contributed by atoms with Gasteiger partial charge in [0.15, 0.2) is 0 Å². The van der Waals surface area contributed by atoms with Crippen molar-refractivity contribution < 1.29 is 18.7 Å². The van der Waals surface area contributed by atoms with Crippen LogP contribution in [0.15, 0.2) is 40.8 Å². The second-order valence-electron chi connectivity index (χ2n) is 5.74. The molecule has 0 radical (unpaired) electrons. The molecule has 0 aliphatic carbocycles. The van der Waals surface area contributed by atoms with Crippen LogP contribution in [0, 0.1) is 6.92 Å². The first-order valence-corrected chi connectivity index (χ1v) is 8.04. The first-order valence-electron chi connectivity index (χ1n) is 8.04. The molecule has 7 heteroatoms. The molecule has 1 amide bonds. The molecule has 7 nitrogen and oxygen atoms in total. The number of rotatable bonds is 5. The standard InChI is InChI=1S/C19H19N3O4/c1-12-14(19(24)25-3)10-13(26-12)8-9-18(23)20-11-17-21-15-6-4-5-7-16(15)22(17)2/h4-10H,11H2,1-3H3,(H,20,23). The van der Waals surface area contributed by atoms with Gasteiger partial charge >= 0.3 is 5.97 Å². The summed E-state index contributed by atoms with van der Waals surface area (Å²) >= 11 is 0. The Morgan fingerprint density at radius 2 is 2.12 bits per heavy atom. The van der Waals surface area contributed by atoms with Gasteiger partial charge in [0.05, 0.1) is 24.7 Å². The lowest BCUT2D eigenvalue weighted by Gasteiger charge is -2.03. The van der Waals surface area contributed by atoms with E-state index in [1.165, 1.54) is 25.3 Å². The summed E-state index contributed by atoms with van der Waals surface area (Å²) in [7, 11) is 3.21. The van der Waals surface area contributed by atoms with Crippen LogP contribution in [-0.2, 0) is 23.1 Å². The van der Waals surface area contributed by atoms with Crippen LogP contribution in [0.25, 0.3) is 17.1 Å². The number of nitrogens with zero attached hydrogens (tertiary/aromatic N) is 2. The molecule has 2 aromatic heterocycles. The Labute approximate surface area is 150 Å². The SMILES string of the molecule is COC(=O)c1cc(C=CC(=O)NCc2nc3ccccc3n2C)oc1C. The molecule has 0 spiro atoms. The molecule has 0 saturated carbocycles. The number of nitrogens with one attached hydrogen (secondary N) is 1. The van der Waals surface area contributed by atoms with E-state index < -0.39 is 5.97 Å². The van der Waals surface area contributed by atoms with E-state index in [2.05, 4.69) is 15.0 Å². The number of furan rings is 1. The highest BCUT2D eigenvalue weighted by Crippen LogP contribution is 2.17. The summed E-state index contributed by atoms with van der Waals surface area (Å²) in [6, 6.07) is 9.32. The van der Waals surface area contributed by atoms with Gasteiger partial charge in [0.2, 0.25) is 5.91 Å². The maximum atomic E-state index is 12.0. The lowest BCUT2D eigenvalue weighted by atomic mass is 10.2. The van der Waals surface area contributed by atoms with E-state index in [1.807, 2.05) is 35.9 Å². The van der Waals surface area contributed by atoms with Crippen molar-refractivity contribution in [2.45, 2.75) is 13.5 Å². The Hall–Kier alpha value is -3.35. The zero-order valence-electron chi connectivity index (χ0n) is 14.8. The van der Waals surface area contributed by atoms with Crippen molar-refractivity contribution in [1.82, 2.24) is 14.9 Å². The molecule has 0 saturated heterocycles. The van der Waals surface area contributed by atoms with E-state index in [0.29, 0.717) is 23.6 Å². The molecule has 0 aliphatic heterocycles. The number of imidazole rings is 1. The predicted molar refractivity (Wildman–Crippen MR) is 96.4 cm³/mol. The van der Waals surface area contributed by atoms with Crippen LogP contribution in [0.1, 0.15) is 27.7 Å². The van der Waals surface area contributed by atoms with Crippen molar-refractivity contribution in [3.05, 3.63) is 59.3 Å². The number of carbonyl (C=O) groups is 2. The normalized spacial score (nSPS) is 11.2. The Morgan fingerprint density at radius 1 is 1.35 bits per heavy atom. The van der Waals surface area contributed by atoms with Crippen molar-refractivity contribution in [2.75, 3.05) is 7.11 Å². The van der Waals surface area contributed by atoms with E-state index in [0.717, 1.165) is 16.9 Å². The fraction of sp³-hybridized carbons (Fsp3) is 0.211. The maximum Gasteiger partial charge on any atom is 0.341 e. The number of benzene rings is 1. The minimum atomic E-state index is -0.475. The summed E-state index contributed by atoms with van der Waals surface area (Å²) in [4.78, 5) is 28.1. The third-order valence-corrected chi connectivity index (χ3v) is 4.04. The molecule has 0 atom stereocenters. The number of aryl methyl sites for hydroxylation is 2. The monoisotopic (exact) mass is 353 g/mol. The van der Waals surface area contributed by atoms with Gasteiger partial charge in [-0.15, -0.1) is 0 Å². The first-order chi connectivity index (χ1) is 12.5. The summed E-state index contributed by atoms with van der Waals surface area (Å²) in [6.45, 7) is 1.97. The largest absolute Gasteiger partial charge is 0.465 e. The lowest BCUT2D eigenvalue weighted by Crippen LogP contribution is -2.22. The van der Waals surface area contributed by atoms with Gasteiger partial charge in [-0.1, -0.05) is 12.1 Å². The molecular formula is C19H19N3O4. The quantitative estimate of drug-likeness (QED) is 0.563. The van der Waals surface area contributed by atoms with Crippen LogP contribution in [-0.4, -0.2) is 28.5 Å². The van der Waals surface area contributed by atoms with Crippen molar-refractivity contribution in [2.24, 2.45) is 7.05 Å². The number of fused-ring (bicyclic) bond motifs is 1. The number of hydrogen-bond acceptors (Lipinski definition) is 5. The van der Waals surface area contributed by atoms with E-state index in [4.69, 9.17) is 4.42 Å². The summed E-state index contributed by atoms with van der Waals surface area (Å²) < 4.78 is 12.0. The number of para-hydroxylation sites is 2. The van der Waals surface area contributed by atoms with E-state index in [9.17, 15) is 9.59 Å². The maximum absolute atomic E-state index is 12.0. The van der Waals surface area contributed by atoms with Crippen molar-refractivity contribution >= 4 is 29.0 Å². The average Bonchev–Trinajstić information content (AvgIpc) is 3.18. The van der Waals surface area contributed by atoms with Gasteiger partial charge in [-0.2, -0.15) is 0 Å². The molecule has 0 fully saturated rings. The van der Waals surface area contributed by atoms with E-state index >= 15 is 0 Å². The van der Waals surface area contributed by atoms with Crippen molar-refractivity contribution in [1.29, 1.82) is 0 Å². The van der Waals surface area contributed by atoms with Crippen molar-refractivity contribution in [3.8, 4) is 0 Å². The van der Waals surface area contributed by atoms with Crippen LogP contribution in [0.4, 0.5) is 0 Å². The molecule has 26 heavy (non-hydrogen) atoms. The summed E-state index contributed by atoms with van der Waals surface area (Å²) in [5.41, 5.74) is 2.23. The molecule has 0 aliphatic rings. The number of amides is 1. The van der Waals surface area contributed by atoms with Crippen LogP contribution in [0.5, 0.6) is 0 Å². The van der Waals surface area contributed by atoms with Crippen LogP contribution >= 0.6 is 0 Å². The molecular weight excluding hydrogens is 334 g/mol. The number of hydrogen-bond donors (Lipinski definition) is 1. The third kappa shape index (κ3) is 3.51. The molecule has 3 rings (SSSR count). The topological polar surface area (TPSA) is 86.4 Å². The number of aromatic nitrogens is 2. The van der Waals surface area contributed by atoms with Crippen LogP contribution in [0.2, 0.25) is 0 Å². The number of ether oxygens (including phenoxy) is 1. The Kier molecular flexibility index (Phi) is 4.88. The van der Waals surface area contributed by atoms with Crippen LogP contribution in [0.3, 0.4) is 0 Å². The van der Waals surface area contributed by atoms with Gasteiger partial charge in [-0.25, -0.2) is 9.78 Å². The molecule has 134 valence electrons. The van der Waals surface area contributed by atoms with E-state index in [-0.39, 0.29) is 5.91 Å². The highest BCUT2D eigenvalue weighted by atomic mass is 16.5. The first kappa shape index (κ1) is 17.5. The van der Waals surface area contributed by atoms with E-state index in [1.54, 1.807) is 6.92 Å². The number of methoxy groups -OCH3 is 1. The fourth-order valence-electron chi connectivity index (χ4n) is 2.64. The predicted octanol–water partition coefficient (Wildman–Crippen LogP) is 2.59. The minimum absolute atomic E-state index is 0.286. The highest BCUT2D eigenvalue weighted by molar-refractivity contribution is 5.93. The van der Waals surface area contributed by atoms with Crippen LogP contribution < -0.4 is 5.32 Å². The Morgan fingerprint density at radius 3 is 2.85 bits per heavy atom. The lowest BCUT2D eigenvalue weighted by molar-refractivity contribution is -0.116. The second-order valence-corrected chi connectivity index (χ2v) is 5.74. The summed E-state index contributed by atoms with van der Waals surface area (Å²) in [6.07, 6.45) is 2.85. The van der Waals surface area contributed by atoms with Gasteiger partial charge < -0.3 is 19.0 Å².